The molecule has 12 heteroatoms. The number of carbonyl (C=O) groups is 3. The van der Waals surface area contributed by atoms with Crippen molar-refractivity contribution in [2.24, 2.45) is 0 Å². The number of hydrogen-bond donors (Lipinski definition) is 3. The lowest BCUT2D eigenvalue weighted by molar-refractivity contribution is -0.152. The molecule has 0 aliphatic carbocycles. The second-order valence-corrected chi connectivity index (χ2v) is 16.5. The normalized spacial score (nSPS) is 16.8. The number of ether oxygens (including phenoxy) is 2. The van der Waals surface area contributed by atoms with Crippen molar-refractivity contribution in [1.82, 2.24) is 25.8 Å². The number of aryl methyl sites for hydroxylation is 1. The summed E-state index contributed by atoms with van der Waals surface area (Å²) in [4.78, 5) is 38.5. The third kappa shape index (κ3) is 22.3. The number of alkyl halides is 2. The minimum Gasteiger partial charge on any atom is -0.465 e. The molecule has 0 amide bonds. The van der Waals surface area contributed by atoms with E-state index in [-0.39, 0.29) is 34.6 Å². The number of nitrogens with zero attached hydrogens (tertiary/aromatic N) is 2. The first-order valence-corrected chi connectivity index (χ1v) is 23.6. The molecule has 4 aromatic rings. The molecule has 6 rings (SSSR count). The molecule has 2 fully saturated rings. The molecule has 0 saturated carbocycles. The monoisotopic (exact) mass is 963 g/mol. The van der Waals surface area contributed by atoms with Gasteiger partial charge in [-0.25, -0.2) is 0 Å². The molecule has 0 bridgehead atoms. The zero-order valence-corrected chi connectivity index (χ0v) is 39.5. The lowest BCUT2D eigenvalue weighted by Gasteiger charge is -2.40. The van der Waals surface area contributed by atoms with Crippen LogP contribution in [0.4, 0.5) is 0 Å². The van der Waals surface area contributed by atoms with Crippen molar-refractivity contribution in [1.29, 1.82) is 0 Å². The van der Waals surface area contributed by atoms with Gasteiger partial charge >= 0.3 is 11.9 Å². The number of ketones is 1. The molecular weight excluding hydrogens is 898 g/mol. The molecule has 2 heterocycles. The first-order chi connectivity index (χ1) is 29.7. The Morgan fingerprint density at radius 2 is 1.26 bits per heavy atom. The SMILES string of the molecule is CC(=O)C(Br)CBr.CCOC(=O)C1CN(Cc2ccccc2)CCN1Cc1ccccc1.CCOC(=O)C1CNCCN1.c1ccc(CCCCNCc2ccccc2)cc1. The molecule has 61 heavy (non-hydrogen) atoms. The Hall–Kier alpha value is -3.75. The summed E-state index contributed by atoms with van der Waals surface area (Å²) in [5.41, 5.74) is 5.32. The number of rotatable bonds is 17. The second kappa shape index (κ2) is 32.0. The van der Waals surface area contributed by atoms with E-state index in [0.717, 1.165) is 52.4 Å². The fourth-order valence-corrected chi connectivity index (χ4v) is 7.01. The van der Waals surface area contributed by atoms with Crippen molar-refractivity contribution in [3.63, 3.8) is 0 Å². The lowest BCUT2D eigenvalue weighted by Crippen LogP contribution is -2.56. The van der Waals surface area contributed by atoms with Crippen LogP contribution in [0.5, 0.6) is 0 Å². The van der Waals surface area contributed by atoms with Crippen LogP contribution in [0.15, 0.2) is 121 Å². The van der Waals surface area contributed by atoms with Crippen LogP contribution >= 0.6 is 31.9 Å². The Labute approximate surface area is 381 Å². The minimum absolute atomic E-state index is 0.00694. The van der Waals surface area contributed by atoms with Crippen molar-refractivity contribution in [2.75, 3.05) is 64.4 Å². The number of piperazine rings is 2. The average Bonchev–Trinajstić information content (AvgIpc) is 3.30. The summed E-state index contributed by atoms with van der Waals surface area (Å²) in [5, 5.41) is 10.4. The van der Waals surface area contributed by atoms with Gasteiger partial charge in [-0.2, -0.15) is 0 Å². The Kier molecular flexibility index (Phi) is 27.1. The van der Waals surface area contributed by atoms with Crippen LogP contribution in [0.25, 0.3) is 0 Å². The Morgan fingerprint density at radius 1 is 0.721 bits per heavy atom. The highest BCUT2D eigenvalue weighted by Gasteiger charge is 2.33. The van der Waals surface area contributed by atoms with Crippen molar-refractivity contribution >= 4 is 49.6 Å². The zero-order chi connectivity index (χ0) is 43.9. The van der Waals surface area contributed by atoms with Crippen molar-refractivity contribution in [3.05, 3.63) is 144 Å². The smallest absolute Gasteiger partial charge is 0.324 e. The van der Waals surface area contributed by atoms with Gasteiger partial charge in [0.25, 0.3) is 0 Å². The van der Waals surface area contributed by atoms with Gasteiger partial charge < -0.3 is 25.4 Å². The Balaban J connectivity index is 0.000000240. The van der Waals surface area contributed by atoms with E-state index in [1.807, 2.05) is 38.1 Å². The van der Waals surface area contributed by atoms with Crippen LogP contribution < -0.4 is 16.0 Å². The average molecular weight is 966 g/mol. The zero-order valence-electron chi connectivity index (χ0n) is 36.3. The third-order valence-electron chi connectivity index (χ3n) is 9.88. The minimum atomic E-state index is -0.211. The maximum atomic E-state index is 12.5. The van der Waals surface area contributed by atoms with Gasteiger partial charge in [-0.15, -0.1) is 0 Å². The number of halogens is 2. The first-order valence-electron chi connectivity index (χ1n) is 21.5. The number of Topliss-reactive ketones (excluding diaryl/α,β-unsaturated/α-hetero) is 1. The highest BCUT2D eigenvalue weighted by Crippen LogP contribution is 2.18. The van der Waals surface area contributed by atoms with E-state index < -0.39 is 0 Å². The van der Waals surface area contributed by atoms with Crippen molar-refractivity contribution < 1.29 is 23.9 Å². The van der Waals surface area contributed by atoms with E-state index in [1.165, 1.54) is 41.5 Å². The van der Waals surface area contributed by atoms with E-state index >= 15 is 0 Å². The standard InChI is InChI=1S/C21H26N2O2.C17H21N.C7H14N2O2.C4H6Br2O/c1-2-25-21(24)20-17-22(15-18-9-5-3-6-10-18)13-14-23(20)16-19-11-7-4-8-12-19;1-3-9-16(10-4-1)11-7-8-14-18-15-17-12-5-2-6-13-17;1-2-11-7(10)6-5-8-3-4-9-6;1-3(7)4(6)2-5/h3-12,20H,2,13-17H2,1H3;1-6,9-10,12-13,18H,7-8,11,14-15H2;6,8-9H,2-5H2,1H3;4H,2H2,1H3. The number of unbranched alkanes of at least 4 members (excludes halogenated alkanes) is 1. The maximum Gasteiger partial charge on any atom is 0.324 e. The predicted molar refractivity (Wildman–Crippen MR) is 255 cm³/mol. The highest BCUT2D eigenvalue weighted by atomic mass is 79.9. The third-order valence-corrected chi connectivity index (χ3v) is 12.4. The molecule has 2 aliphatic rings. The number of hydrogen-bond acceptors (Lipinski definition) is 10. The molecule has 332 valence electrons. The van der Waals surface area contributed by atoms with Crippen LogP contribution in [-0.4, -0.2) is 109 Å². The predicted octanol–water partition coefficient (Wildman–Crippen LogP) is 7.58. The molecule has 2 saturated heterocycles. The van der Waals surface area contributed by atoms with Gasteiger partial charge in [0, 0.05) is 64.2 Å². The van der Waals surface area contributed by atoms with Crippen LogP contribution in [0.2, 0.25) is 0 Å². The highest BCUT2D eigenvalue weighted by molar-refractivity contribution is 9.12. The maximum absolute atomic E-state index is 12.5. The summed E-state index contributed by atoms with van der Waals surface area (Å²) in [6, 6.07) is 41.7. The van der Waals surface area contributed by atoms with Gasteiger partial charge in [0.1, 0.15) is 17.9 Å². The molecular formula is C49H67Br2N5O5. The van der Waals surface area contributed by atoms with E-state index in [4.69, 9.17) is 9.47 Å². The number of esters is 2. The Morgan fingerprint density at radius 3 is 1.77 bits per heavy atom. The summed E-state index contributed by atoms with van der Waals surface area (Å²) in [5.74, 6) is -0.104. The molecule has 0 aromatic heterocycles. The second-order valence-electron chi connectivity index (χ2n) is 14.7. The van der Waals surface area contributed by atoms with Crippen LogP contribution in [0.1, 0.15) is 55.9 Å². The summed E-state index contributed by atoms with van der Waals surface area (Å²) >= 11 is 6.29. The molecule has 2 aliphatic heterocycles. The summed E-state index contributed by atoms with van der Waals surface area (Å²) in [7, 11) is 0. The van der Waals surface area contributed by atoms with Crippen LogP contribution in [0.3, 0.4) is 0 Å². The van der Waals surface area contributed by atoms with E-state index in [9.17, 15) is 14.4 Å². The Bertz CT molecular complexity index is 1690. The van der Waals surface area contributed by atoms with Gasteiger partial charge in [0.2, 0.25) is 0 Å². The summed E-state index contributed by atoms with van der Waals surface area (Å²) in [6.45, 7) is 14.8. The van der Waals surface area contributed by atoms with E-state index in [1.54, 1.807) is 6.92 Å². The fraction of sp³-hybridized carbons (Fsp3) is 0.449. The van der Waals surface area contributed by atoms with Gasteiger partial charge in [0.15, 0.2) is 0 Å². The summed E-state index contributed by atoms with van der Waals surface area (Å²) < 4.78 is 10.2. The lowest BCUT2D eigenvalue weighted by atomic mass is 10.1. The number of carbonyl (C=O) groups excluding carboxylic acids is 3. The van der Waals surface area contributed by atoms with Crippen molar-refractivity contribution in [3.8, 4) is 0 Å². The molecule has 3 unspecified atom stereocenters. The largest absolute Gasteiger partial charge is 0.465 e. The molecule has 4 aromatic carbocycles. The molecule has 10 nitrogen and oxygen atoms in total. The molecule has 0 radical (unpaired) electrons. The fourth-order valence-electron chi connectivity index (χ4n) is 6.56. The van der Waals surface area contributed by atoms with Crippen LogP contribution in [-0.2, 0) is 49.9 Å². The topological polar surface area (TPSA) is 112 Å². The molecule has 0 spiro atoms. The number of nitrogens with one attached hydrogen (secondary N) is 3. The number of benzene rings is 4. The van der Waals surface area contributed by atoms with Crippen LogP contribution in [0, 0.1) is 0 Å². The van der Waals surface area contributed by atoms with Gasteiger partial charge in [-0.1, -0.05) is 153 Å². The quantitative estimate of drug-likeness (QED) is 0.0557. The van der Waals surface area contributed by atoms with Gasteiger partial charge in [-0.05, 0) is 68.8 Å². The molecule has 3 N–H and O–H groups in total. The van der Waals surface area contributed by atoms with E-state index in [2.05, 4.69) is 155 Å². The van der Waals surface area contributed by atoms with E-state index in [0.29, 0.717) is 31.6 Å². The summed E-state index contributed by atoms with van der Waals surface area (Å²) in [6.07, 6.45) is 3.68. The molecule has 3 atom stereocenters. The van der Waals surface area contributed by atoms with Gasteiger partial charge in [-0.3, -0.25) is 24.2 Å². The first kappa shape index (κ1) is 51.6. The van der Waals surface area contributed by atoms with Crippen molar-refractivity contribution in [2.45, 2.75) is 76.6 Å². The van der Waals surface area contributed by atoms with Gasteiger partial charge in [0.05, 0.1) is 18.0 Å².